The Kier molecular flexibility index (Phi) is 5.11. The molecule has 1 aromatic carbocycles. The maximum Gasteiger partial charge on any atom is 0.222 e. The number of benzene rings is 1. The number of rotatable bonds is 4. The van der Waals surface area contributed by atoms with Gasteiger partial charge in [-0.1, -0.05) is 29.8 Å². The zero-order valence-electron chi connectivity index (χ0n) is 13.6. The van der Waals surface area contributed by atoms with Crippen LogP contribution in [0.3, 0.4) is 0 Å². The van der Waals surface area contributed by atoms with E-state index < -0.39 is 0 Å². The van der Waals surface area contributed by atoms with E-state index in [-0.39, 0.29) is 0 Å². The summed E-state index contributed by atoms with van der Waals surface area (Å²) in [6, 6.07) is 9.19. The van der Waals surface area contributed by atoms with Gasteiger partial charge in [0.15, 0.2) is 0 Å². The van der Waals surface area contributed by atoms with Crippen molar-refractivity contribution in [2.45, 2.75) is 32.2 Å². The molecular formula is C18H27N3O. The lowest BCUT2D eigenvalue weighted by Crippen LogP contribution is -2.52. The van der Waals surface area contributed by atoms with Crippen molar-refractivity contribution in [1.29, 1.82) is 0 Å². The fourth-order valence-corrected chi connectivity index (χ4v) is 3.45. The molecule has 120 valence electrons. The maximum atomic E-state index is 12.4. The topological polar surface area (TPSA) is 35.6 Å². The van der Waals surface area contributed by atoms with Gasteiger partial charge in [0.25, 0.3) is 0 Å². The van der Waals surface area contributed by atoms with Crippen LogP contribution in [0.4, 0.5) is 0 Å². The number of hydrogen-bond donors (Lipinski definition) is 1. The van der Waals surface area contributed by atoms with E-state index in [4.69, 9.17) is 0 Å². The average Bonchev–Trinajstić information content (AvgIpc) is 3.09. The summed E-state index contributed by atoms with van der Waals surface area (Å²) in [5.41, 5.74) is 2.53. The average molecular weight is 301 g/mol. The number of aryl methyl sites for hydroxylation is 2. The van der Waals surface area contributed by atoms with Crippen molar-refractivity contribution in [2.75, 3.05) is 39.3 Å². The minimum absolute atomic E-state index is 0.310. The van der Waals surface area contributed by atoms with Crippen LogP contribution < -0.4 is 5.32 Å². The SMILES string of the molecule is Cc1ccc(CCC(=O)N2CCN(C3CCNC3)CC2)cc1. The highest BCUT2D eigenvalue weighted by molar-refractivity contribution is 5.76. The standard InChI is InChI=1S/C18H27N3O/c1-15-2-4-16(5-3-15)6-7-18(22)21-12-10-20(11-13-21)17-8-9-19-14-17/h2-5,17,19H,6-14H2,1H3. The summed E-state index contributed by atoms with van der Waals surface area (Å²) in [4.78, 5) is 17.0. The normalized spacial score (nSPS) is 23.0. The molecule has 1 atom stereocenters. The Bertz CT molecular complexity index is 486. The van der Waals surface area contributed by atoms with Crippen LogP contribution in [0.5, 0.6) is 0 Å². The summed E-state index contributed by atoms with van der Waals surface area (Å²) < 4.78 is 0. The molecule has 1 aromatic rings. The highest BCUT2D eigenvalue weighted by Crippen LogP contribution is 2.13. The van der Waals surface area contributed by atoms with E-state index in [1.165, 1.54) is 17.5 Å². The molecule has 0 saturated carbocycles. The Hall–Kier alpha value is -1.39. The number of carbonyl (C=O) groups excluding carboxylic acids is 1. The molecule has 0 radical (unpaired) electrons. The number of hydrogen-bond acceptors (Lipinski definition) is 3. The van der Waals surface area contributed by atoms with Gasteiger partial charge < -0.3 is 10.2 Å². The van der Waals surface area contributed by atoms with Crippen molar-refractivity contribution in [3.05, 3.63) is 35.4 Å². The minimum atomic E-state index is 0.310. The third kappa shape index (κ3) is 3.87. The van der Waals surface area contributed by atoms with E-state index in [0.717, 1.165) is 45.7 Å². The summed E-state index contributed by atoms with van der Waals surface area (Å²) in [5.74, 6) is 0.310. The van der Waals surface area contributed by atoms with Gasteiger partial charge >= 0.3 is 0 Å². The molecule has 0 aliphatic carbocycles. The van der Waals surface area contributed by atoms with Gasteiger partial charge in [-0.25, -0.2) is 0 Å². The molecule has 2 fully saturated rings. The van der Waals surface area contributed by atoms with Crippen LogP contribution in [0.25, 0.3) is 0 Å². The van der Waals surface area contributed by atoms with Crippen LogP contribution in [-0.4, -0.2) is 61.0 Å². The van der Waals surface area contributed by atoms with Crippen LogP contribution >= 0.6 is 0 Å². The monoisotopic (exact) mass is 301 g/mol. The zero-order chi connectivity index (χ0) is 15.4. The van der Waals surface area contributed by atoms with Gasteiger partial charge in [0.1, 0.15) is 0 Å². The predicted octanol–water partition coefficient (Wildman–Crippen LogP) is 1.43. The van der Waals surface area contributed by atoms with Crippen molar-refractivity contribution < 1.29 is 4.79 Å². The van der Waals surface area contributed by atoms with Crippen molar-refractivity contribution in [3.8, 4) is 0 Å². The molecule has 22 heavy (non-hydrogen) atoms. The molecule has 1 amide bonds. The van der Waals surface area contributed by atoms with E-state index >= 15 is 0 Å². The first kappa shape index (κ1) is 15.5. The summed E-state index contributed by atoms with van der Waals surface area (Å²) in [6.07, 6.45) is 2.74. The smallest absolute Gasteiger partial charge is 0.222 e. The first-order chi connectivity index (χ1) is 10.7. The Labute approximate surface area is 133 Å². The highest BCUT2D eigenvalue weighted by Gasteiger charge is 2.27. The predicted molar refractivity (Wildman–Crippen MR) is 88.9 cm³/mol. The lowest BCUT2D eigenvalue weighted by molar-refractivity contribution is -0.133. The second kappa shape index (κ2) is 7.25. The van der Waals surface area contributed by atoms with Crippen molar-refractivity contribution in [3.63, 3.8) is 0 Å². The molecule has 4 nitrogen and oxygen atoms in total. The van der Waals surface area contributed by atoms with E-state index in [9.17, 15) is 4.79 Å². The lowest BCUT2D eigenvalue weighted by atomic mass is 10.1. The third-order valence-electron chi connectivity index (χ3n) is 4.97. The molecule has 1 unspecified atom stereocenters. The van der Waals surface area contributed by atoms with Crippen LogP contribution in [0, 0.1) is 6.92 Å². The first-order valence-corrected chi connectivity index (χ1v) is 8.50. The molecule has 2 aliphatic rings. The molecule has 0 bridgehead atoms. The Morgan fingerprint density at radius 2 is 1.91 bits per heavy atom. The molecule has 4 heteroatoms. The van der Waals surface area contributed by atoms with Crippen molar-refractivity contribution >= 4 is 5.91 Å². The number of amides is 1. The van der Waals surface area contributed by atoms with Crippen molar-refractivity contribution in [2.24, 2.45) is 0 Å². The summed E-state index contributed by atoms with van der Waals surface area (Å²) in [6.45, 7) is 8.19. The molecule has 2 heterocycles. The van der Waals surface area contributed by atoms with Crippen molar-refractivity contribution in [1.82, 2.24) is 15.1 Å². The van der Waals surface area contributed by atoms with E-state index in [2.05, 4.69) is 41.4 Å². The molecular weight excluding hydrogens is 274 g/mol. The molecule has 0 aromatic heterocycles. The maximum absolute atomic E-state index is 12.4. The van der Waals surface area contributed by atoms with Gasteiger partial charge in [-0.05, 0) is 31.9 Å². The van der Waals surface area contributed by atoms with E-state index in [1.807, 2.05) is 4.90 Å². The van der Waals surface area contributed by atoms with Crippen LogP contribution in [0.15, 0.2) is 24.3 Å². The van der Waals surface area contributed by atoms with Gasteiger partial charge in [0.2, 0.25) is 5.91 Å². The second-order valence-electron chi connectivity index (χ2n) is 6.55. The quantitative estimate of drug-likeness (QED) is 0.914. The Balaban J connectivity index is 1.42. The Morgan fingerprint density at radius 1 is 1.18 bits per heavy atom. The summed E-state index contributed by atoms with van der Waals surface area (Å²) in [5, 5.41) is 3.42. The number of nitrogens with one attached hydrogen (secondary N) is 1. The fourth-order valence-electron chi connectivity index (χ4n) is 3.45. The van der Waals surface area contributed by atoms with Crippen LogP contribution in [0.1, 0.15) is 24.0 Å². The fraction of sp³-hybridized carbons (Fsp3) is 0.611. The highest BCUT2D eigenvalue weighted by atomic mass is 16.2. The minimum Gasteiger partial charge on any atom is -0.340 e. The third-order valence-corrected chi connectivity index (χ3v) is 4.97. The molecule has 0 spiro atoms. The van der Waals surface area contributed by atoms with E-state index in [0.29, 0.717) is 18.4 Å². The second-order valence-corrected chi connectivity index (χ2v) is 6.55. The van der Waals surface area contributed by atoms with Gasteiger partial charge in [0, 0.05) is 45.2 Å². The molecule has 2 aliphatic heterocycles. The largest absolute Gasteiger partial charge is 0.340 e. The summed E-state index contributed by atoms with van der Waals surface area (Å²) >= 11 is 0. The lowest BCUT2D eigenvalue weighted by Gasteiger charge is -2.37. The van der Waals surface area contributed by atoms with Gasteiger partial charge in [0.05, 0.1) is 0 Å². The summed E-state index contributed by atoms with van der Waals surface area (Å²) in [7, 11) is 0. The molecule has 2 saturated heterocycles. The number of piperazine rings is 1. The Morgan fingerprint density at radius 3 is 2.55 bits per heavy atom. The van der Waals surface area contributed by atoms with Crippen LogP contribution in [0.2, 0.25) is 0 Å². The first-order valence-electron chi connectivity index (χ1n) is 8.50. The van der Waals surface area contributed by atoms with Crippen LogP contribution in [-0.2, 0) is 11.2 Å². The number of nitrogens with zero attached hydrogens (tertiary/aromatic N) is 2. The van der Waals surface area contributed by atoms with Gasteiger partial charge in [-0.15, -0.1) is 0 Å². The van der Waals surface area contributed by atoms with E-state index in [1.54, 1.807) is 0 Å². The zero-order valence-corrected chi connectivity index (χ0v) is 13.6. The number of carbonyl (C=O) groups is 1. The van der Waals surface area contributed by atoms with Gasteiger partial charge in [-0.2, -0.15) is 0 Å². The molecule has 1 N–H and O–H groups in total. The molecule has 3 rings (SSSR count). The van der Waals surface area contributed by atoms with Gasteiger partial charge in [-0.3, -0.25) is 9.69 Å².